The first-order valence-corrected chi connectivity index (χ1v) is 5.62. The first kappa shape index (κ1) is 12.1. The van der Waals surface area contributed by atoms with Crippen molar-refractivity contribution in [2.24, 2.45) is 5.92 Å². The highest BCUT2D eigenvalue weighted by Crippen LogP contribution is 2.31. The smallest absolute Gasteiger partial charge is 0.133 e. The number of methoxy groups -OCH3 is 1. The van der Waals surface area contributed by atoms with Crippen LogP contribution >= 0.6 is 15.9 Å². The Labute approximate surface area is 99.0 Å². The number of hydrogen-bond donors (Lipinski definition) is 0. The molecule has 0 spiro atoms. The normalized spacial score (nSPS) is 12.3. The molecular formula is C12H14BrNO. The van der Waals surface area contributed by atoms with Crippen molar-refractivity contribution in [3.63, 3.8) is 0 Å². The van der Waals surface area contributed by atoms with Gasteiger partial charge in [-0.1, -0.05) is 19.9 Å². The fourth-order valence-corrected chi connectivity index (χ4v) is 2.04. The SMILES string of the molecule is COc1ccc(C(C#N)C(C)C)cc1Br. The summed E-state index contributed by atoms with van der Waals surface area (Å²) in [5.74, 6) is 1.04. The van der Waals surface area contributed by atoms with Crippen molar-refractivity contribution in [2.75, 3.05) is 7.11 Å². The summed E-state index contributed by atoms with van der Waals surface area (Å²) in [4.78, 5) is 0. The van der Waals surface area contributed by atoms with E-state index in [2.05, 4.69) is 22.0 Å². The van der Waals surface area contributed by atoms with Gasteiger partial charge < -0.3 is 4.74 Å². The summed E-state index contributed by atoms with van der Waals surface area (Å²) >= 11 is 3.42. The molecule has 80 valence electrons. The van der Waals surface area contributed by atoms with Crippen LogP contribution in [0.4, 0.5) is 0 Å². The van der Waals surface area contributed by atoms with Crippen molar-refractivity contribution in [3.8, 4) is 11.8 Å². The molecule has 1 rings (SSSR count). The summed E-state index contributed by atoms with van der Waals surface area (Å²) < 4.78 is 6.04. The molecule has 0 heterocycles. The zero-order chi connectivity index (χ0) is 11.4. The summed E-state index contributed by atoms with van der Waals surface area (Å²) in [5, 5.41) is 9.07. The number of ether oxygens (including phenoxy) is 1. The van der Waals surface area contributed by atoms with Gasteiger partial charge in [-0.25, -0.2) is 0 Å². The lowest BCUT2D eigenvalue weighted by molar-refractivity contribution is 0.411. The first-order chi connectivity index (χ1) is 7.10. The Balaban J connectivity index is 3.07. The lowest BCUT2D eigenvalue weighted by Crippen LogP contribution is -2.04. The van der Waals surface area contributed by atoms with E-state index in [0.717, 1.165) is 15.8 Å². The van der Waals surface area contributed by atoms with Crippen molar-refractivity contribution in [1.29, 1.82) is 5.26 Å². The van der Waals surface area contributed by atoms with Crippen molar-refractivity contribution in [2.45, 2.75) is 19.8 Å². The number of rotatable bonds is 3. The molecule has 0 N–H and O–H groups in total. The molecule has 15 heavy (non-hydrogen) atoms. The minimum Gasteiger partial charge on any atom is -0.496 e. The van der Waals surface area contributed by atoms with E-state index in [-0.39, 0.29) is 5.92 Å². The van der Waals surface area contributed by atoms with Crippen LogP contribution in [0.3, 0.4) is 0 Å². The van der Waals surface area contributed by atoms with Gasteiger partial charge in [0.2, 0.25) is 0 Å². The predicted octanol–water partition coefficient (Wildman–Crippen LogP) is 3.72. The molecule has 3 heteroatoms. The average Bonchev–Trinajstić information content (AvgIpc) is 2.18. The van der Waals surface area contributed by atoms with Gasteiger partial charge in [-0.15, -0.1) is 0 Å². The topological polar surface area (TPSA) is 33.0 Å². The van der Waals surface area contributed by atoms with Gasteiger partial charge in [0.05, 0.1) is 23.6 Å². The summed E-state index contributed by atoms with van der Waals surface area (Å²) in [6.45, 7) is 4.10. The lowest BCUT2D eigenvalue weighted by Gasteiger charge is -2.14. The molecule has 1 aromatic carbocycles. The standard InChI is InChI=1S/C12H14BrNO/c1-8(2)10(7-14)9-4-5-12(15-3)11(13)6-9/h4-6,8,10H,1-3H3. The maximum Gasteiger partial charge on any atom is 0.133 e. The van der Waals surface area contributed by atoms with Gasteiger partial charge in [0.15, 0.2) is 0 Å². The van der Waals surface area contributed by atoms with Gasteiger partial charge in [-0.2, -0.15) is 5.26 Å². The summed E-state index contributed by atoms with van der Waals surface area (Å²) in [6, 6.07) is 8.09. The maximum absolute atomic E-state index is 9.07. The van der Waals surface area contributed by atoms with E-state index in [1.54, 1.807) is 7.11 Å². The van der Waals surface area contributed by atoms with Crippen molar-refractivity contribution in [3.05, 3.63) is 28.2 Å². The van der Waals surface area contributed by atoms with E-state index < -0.39 is 0 Å². The third-order valence-corrected chi connectivity index (χ3v) is 2.96. The highest BCUT2D eigenvalue weighted by molar-refractivity contribution is 9.10. The Morgan fingerprint density at radius 2 is 2.07 bits per heavy atom. The largest absolute Gasteiger partial charge is 0.496 e. The van der Waals surface area contributed by atoms with Crippen LogP contribution < -0.4 is 4.74 Å². The van der Waals surface area contributed by atoms with Gasteiger partial charge in [-0.05, 0) is 39.5 Å². The lowest BCUT2D eigenvalue weighted by atomic mass is 9.90. The molecule has 0 fully saturated rings. The highest BCUT2D eigenvalue weighted by Gasteiger charge is 2.15. The van der Waals surface area contributed by atoms with Crippen LogP contribution in [0.15, 0.2) is 22.7 Å². The monoisotopic (exact) mass is 267 g/mol. The summed E-state index contributed by atoms with van der Waals surface area (Å²) in [5.41, 5.74) is 1.03. The minimum atomic E-state index is -0.0628. The molecular weight excluding hydrogens is 254 g/mol. The number of nitrogens with zero attached hydrogens (tertiary/aromatic N) is 1. The third kappa shape index (κ3) is 2.73. The number of halogens is 1. The van der Waals surface area contributed by atoms with Gasteiger partial charge in [0, 0.05) is 0 Å². The highest BCUT2D eigenvalue weighted by atomic mass is 79.9. The van der Waals surface area contributed by atoms with Gasteiger partial charge in [0.25, 0.3) is 0 Å². The zero-order valence-electron chi connectivity index (χ0n) is 9.12. The molecule has 0 aliphatic rings. The predicted molar refractivity (Wildman–Crippen MR) is 63.9 cm³/mol. The van der Waals surface area contributed by atoms with Gasteiger partial charge in [0.1, 0.15) is 5.75 Å². The second kappa shape index (κ2) is 5.18. The first-order valence-electron chi connectivity index (χ1n) is 4.83. The van der Waals surface area contributed by atoms with E-state index in [4.69, 9.17) is 10.00 Å². The van der Waals surface area contributed by atoms with Crippen molar-refractivity contribution < 1.29 is 4.74 Å². The van der Waals surface area contributed by atoms with Crippen LogP contribution in [-0.4, -0.2) is 7.11 Å². The Morgan fingerprint density at radius 1 is 1.40 bits per heavy atom. The van der Waals surface area contributed by atoms with Crippen LogP contribution in [0.2, 0.25) is 0 Å². The molecule has 0 amide bonds. The van der Waals surface area contributed by atoms with Crippen molar-refractivity contribution in [1.82, 2.24) is 0 Å². The molecule has 2 nitrogen and oxygen atoms in total. The van der Waals surface area contributed by atoms with E-state index in [9.17, 15) is 0 Å². The fraction of sp³-hybridized carbons (Fsp3) is 0.417. The molecule has 0 aliphatic carbocycles. The Hall–Kier alpha value is -1.01. The summed E-state index contributed by atoms with van der Waals surface area (Å²) in [6.07, 6.45) is 0. The second-order valence-corrected chi connectivity index (χ2v) is 4.60. The molecule has 0 saturated heterocycles. The fourth-order valence-electron chi connectivity index (χ4n) is 1.48. The number of nitriles is 1. The molecule has 1 unspecified atom stereocenters. The van der Waals surface area contributed by atoms with Crippen LogP contribution in [0.25, 0.3) is 0 Å². The Bertz CT molecular complexity index is 382. The zero-order valence-corrected chi connectivity index (χ0v) is 10.7. The maximum atomic E-state index is 9.07. The van der Waals surface area contributed by atoms with Crippen LogP contribution in [0, 0.1) is 17.2 Å². The molecule has 0 aromatic heterocycles. The second-order valence-electron chi connectivity index (χ2n) is 3.74. The molecule has 1 atom stereocenters. The van der Waals surface area contributed by atoms with Crippen LogP contribution in [-0.2, 0) is 0 Å². The Kier molecular flexibility index (Phi) is 4.16. The molecule has 1 aromatic rings. The minimum absolute atomic E-state index is 0.0628. The third-order valence-electron chi connectivity index (χ3n) is 2.34. The van der Waals surface area contributed by atoms with E-state index in [0.29, 0.717) is 5.92 Å². The summed E-state index contributed by atoms with van der Waals surface area (Å²) in [7, 11) is 1.63. The van der Waals surface area contributed by atoms with E-state index in [1.165, 1.54) is 0 Å². The number of hydrogen-bond acceptors (Lipinski definition) is 2. The molecule has 0 aliphatic heterocycles. The van der Waals surface area contributed by atoms with E-state index in [1.807, 2.05) is 32.0 Å². The van der Waals surface area contributed by atoms with Crippen LogP contribution in [0.5, 0.6) is 5.75 Å². The van der Waals surface area contributed by atoms with Gasteiger partial charge >= 0.3 is 0 Å². The quantitative estimate of drug-likeness (QED) is 0.836. The molecule has 0 saturated carbocycles. The van der Waals surface area contributed by atoms with Crippen molar-refractivity contribution >= 4 is 15.9 Å². The van der Waals surface area contributed by atoms with Crippen LogP contribution in [0.1, 0.15) is 25.3 Å². The molecule has 0 radical (unpaired) electrons. The van der Waals surface area contributed by atoms with E-state index >= 15 is 0 Å². The Morgan fingerprint density at radius 3 is 2.47 bits per heavy atom. The molecule has 0 bridgehead atoms. The average molecular weight is 268 g/mol. The van der Waals surface area contributed by atoms with Gasteiger partial charge in [-0.3, -0.25) is 0 Å². The number of benzene rings is 1.